The van der Waals surface area contributed by atoms with Gasteiger partial charge >= 0.3 is 0 Å². The second kappa shape index (κ2) is 6.19. The quantitative estimate of drug-likeness (QED) is 0.795. The van der Waals surface area contributed by atoms with E-state index < -0.39 is 23.0 Å². The van der Waals surface area contributed by atoms with E-state index in [2.05, 4.69) is 4.98 Å². The van der Waals surface area contributed by atoms with E-state index >= 15 is 0 Å². The van der Waals surface area contributed by atoms with E-state index in [4.69, 9.17) is 0 Å². The van der Waals surface area contributed by atoms with Gasteiger partial charge in [0.15, 0.2) is 5.78 Å². The van der Waals surface area contributed by atoms with Crippen molar-refractivity contribution in [3.05, 3.63) is 51.5 Å². The molecular formula is C14H14F2N2OS. The van der Waals surface area contributed by atoms with Crippen LogP contribution < -0.4 is 0 Å². The summed E-state index contributed by atoms with van der Waals surface area (Å²) in [6, 6.07) is 3.42. The molecule has 0 radical (unpaired) electrons. The third kappa shape index (κ3) is 3.26. The van der Waals surface area contributed by atoms with E-state index in [0.717, 1.165) is 22.7 Å². The monoisotopic (exact) mass is 296 g/mol. The summed E-state index contributed by atoms with van der Waals surface area (Å²) in [5.41, 5.74) is 2.17. The highest BCUT2D eigenvalue weighted by molar-refractivity contribution is 7.09. The van der Waals surface area contributed by atoms with Crippen LogP contribution in [-0.2, 0) is 6.54 Å². The largest absolute Gasteiger partial charge is 0.294 e. The van der Waals surface area contributed by atoms with Crippen LogP contribution in [0, 0.1) is 18.6 Å². The number of carbonyl (C=O) groups excluding carboxylic acids is 1. The number of thiazole rings is 1. The van der Waals surface area contributed by atoms with Crippen molar-refractivity contribution in [1.82, 2.24) is 9.88 Å². The van der Waals surface area contributed by atoms with E-state index in [0.29, 0.717) is 6.54 Å². The van der Waals surface area contributed by atoms with Crippen LogP contribution in [0.5, 0.6) is 0 Å². The van der Waals surface area contributed by atoms with Gasteiger partial charge in [-0.25, -0.2) is 13.8 Å². The van der Waals surface area contributed by atoms with Gasteiger partial charge < -0.3 is 0 Å². The first-order valence-electron chi connectivity index (χ1n) is 6.03. The number of rotatable bonds is 5. The van der Waals surface area contributed by atoms with Gasteiger partial charge in [0.2, 0.25) is 0 Å². The van der Waals surface area contributed by atoms with Crippen LogP contribution in [0.3, 0.4) is 0 Å². The molecule has 6 heteroatoms. The lowest BCUT2D eigenvalue weighted by atomic mass is 10.1. The maximum absolute atomic E-state index is 13.5. The Morgan fingerprint density at radius 2 is 2.00 bits per heavy atom. The molecule has 0 saturated carbocycles. The van der Waals surface area contributed by atoms with Crippen molar-refractivity contribution in [2.75, 3.05) is 13.6 Å². The highest BCUT2D eigenvalue weighted by Crippen LogP contribution is 2.16. The van der Waals surface area contributed by atoms with Gasteiger partial charge in [-0.2, -0.15) is 0 Å². The lowest BCUT2D eigenvalue weighted by Crippen LogP contribution is -2.26. The van der Waals surface area contributed by atoms with Gasteiger partial charge in [-0.05, 0) is 26.1 Å². The third-order valence-electron chi connectivity index (χ3n) is 2.91. The number of aromatic nitrogens is 1. The number of halogens is 2. The third-order valence-corrected chi connectivity index (χ3v) is 3.83. The fourth-order valence-electron chi connectivity index (χ4n) is 1.87. The van der Waals surface area contributed by atoms with Crippen LogP contribution in [0.25, 0.3) is 0 Å². The van der Waals surface area contributed by atoms with Crippen LogP contribution in [0.2, 0.25) is 0 Å². The number of carbonyl (C=O) groups is 1. The molecule has 0 aliphatic heterocycles. The predicted molar refractivity (Wildman–Crippen MR) is 73.9 cm³/mol. The molecule has 0 aliphatic rings. The Hall–Kier alpha value is -1.66. The summed E-state index contributed by atoms with van der Waals surface area (Å²) in [5.74, 6) is -2.21. The minimum Gasteiger partial charge on any atom is -0.294 e. The van der Waals surface area contributed by atoms with Gasteiger partial charge in [0, 0.05) is 11.4 Å². The maximum atomic E-state index is 13.5. The van der Waals surface area contributed by atoms with Crippen molar-refractivity contribution >= 4 is 17.1 Å². The molecule has 1 aromatic heterocycles. The fourth-order valence-corrected chi connectivity index (χ4v) is 2.72. The second-order valence-corrected chi connectivity index (χ2v) is 5.49. The average Bonchev–Trinajstić information content (AvgIpc) is 2.74. The van der Waals surface area contributed by atoms with Gasteiger partial charge in [-0.1, -0.05) is 6.07 Å². The van der Waals surface area contributed by atoms with E-state index in [-0.39, 0.29) is 6.54 Å². The first-order chi connectivity index (χ1) is 9.49. The predicted octanol–water partition coefficient (Wildman–Crippen LogP) is 3.04. The van der Waals surface area contributed by atoms with Crippen LogP contribution in [-0.4, -0.2) is 29.3 Å². The summed E-state index contributed by atoms with van der Waals surface area (Å²) in [6.45, 7) is 2.37. The number of ketones is 1. The standard InChI is InChI=1S/C14H14F2N2OS/c1-9-13(20-8-17-9)7-18(2)6-12(19)14-10(15)4-3-5-11(14)16/h3-5,8H,6-7H2,1-2H3. The summed E-state index contributed by atoms with van der Waals surface area (Å²) in [5, 5.41) is 0. The lowest BCUT2D eigenvalue weighted by molar-refractivity contribution is 0.0935. The lowest BCUT2D eigenvalue weighted by Gasteiger charge is -2.15. The van der Waals surface area contributed by atoms with Crippen LogP contribution in [0.1, 0.15) is 20.9 Å². The number of hydrogen-bond donors (Lipinski definition) is 0. The van der Waals surface area contributed by atoms with Gasteiger partial charge in [0.25, 0.3) is 0 Å². The maximum Gasteiger partial charge on any atom is 0.182 e. The molecule has 106 valence electrons. The van der Waals surface area contributed by atoms with Gasteiger partial charge in [-0.3, -0.25) is 9.69 Å². The van der Waals surface area contributed by atoms with E-state index in [9.17, 15) is 13.6 Å². The molecule has 0 atom stereocenters. The van der Waals surface area contributed by atoms with Gasteiger partial charge in [0.1, 0.15) is 11.6 Å². The normalized spacial score (nSPS) is 11.1. The topological polar surface area (TPSA) is 33.2 Å². The molecule has 0 aliphatic carbocycles. The number of benzene rings is 1. The fraction of sp³-hybridized carbons (Fsp3) is 0.286. The van der Waals surface area contributed by atoms with Crippen LogP contribution in [0.4, 0.5) is 8.78 Å². The molecule has 0 bridgehead atoms. The van der Waals surface area contributed by atoms with E-state index in [1.54, 1.807) is 17.5 Å². The Morgan fingerprint density at radius 3 is 2.55 bits per heavy atom. The number of aryl methyl sites for hydroxylation is 1. The molecule has 0 spiro atoms. The van der Waals surface area contributed by atoms with Crippen molar-refractivity contribution < 1.29 is 13.6 Å². The van der Waals surface area contributed by atoms with Crippen molar-refractivity contribution in [3.8, 4) is 0 Å². The van der Waals surface area contributed by atoms with Crippen molar-refractivity contribution in [1.29, 1.82) is 0 Å². The van der Waals surface area contributed by atoms with Crippen molar-refractivity contribution in [2.45, 2.75) is 13.5 Å². The zero-order chi connectivity index (χ0) is 14.7. The van der Waals surface area contributed by atoms with Crippen LogP contribution in [0.15, 0.2) is 23.7 Å². The molecule has 20 heavy (non-hydrogen) atoms. The summed E-state index contributed by atoms with van der Waals surface area (Å²) >= 11 is 1.49. The number of Topliss-reactive ketones (excluding diaryl/α,β-unsaturated/α-hetero) is 1. The van der Waals surface area contributed by atoms with E-state index in [1.165, 1.54) is 17.4 Å². The minimum absolute atomic E-state index is 0.0464. The molecule has 2 rings (SSSR count). The van der Waals surface area contributed by atoms with Crippen molar-refractivity contribution in [2.24, 2.45) is 0 Å². The Balaban J connectivity index is 2.06. The average molecular weight is 296 g/mol. The molecule has 0 saturated heterocycles. The smallest absolute Gasteiger partial charge is 0.182 e. The highest BCUT2D eigenvalue weighted by Gasteiger charge is 2.18. The zero-order valence-corrected chi connectivity index (χ0v) is 12.0. The summed E-state index contributed by atoms with van der Waals surface area (Å²) in [4.78, 5) is 18.9. The summed E-state index contributed by atoms with van der Waals surface area (Å²) < 4.78 is 27.0. The highest BCUT2D eigenvalue weighted by atomic mass is 32.1. The summed E-state index contributed by atoms with van der Waals surface area (Å²) in [7, 11) is 1.73. The molecule has 1 aromatic carbocycles. The second-order valence-electron chi connectivity index (χ2n) is 4.55. The minimum atomic E-state index is -0.822. The Bertz CT molecular complexity index is 607. The van der Waals surface area contributed by atoms with E-state index in [1.807, 2.05) is 6.92 Å². The molecule has 3 nitrogen and oxygen atoms in total. The Morgan fingerprint density at radius 1 is 1.35 bits per heavy atom. The summed E-state index contributed by atoms with van der Waals surface area (Å²) in [6.07, 6.45) is 0. The molecular weight excluding hydrogens is 282 g/mol. The number of hydrogen-bond acceptors (Lipinski definition) is 4. The van der Waals surface area contributed by atoms with Crippen molar-refractivity contribution in [3.63, 3.8) is 0 Å². The Kier molecular flexibility index (Phi) is 4.57. The number of nitrogens with zero attached hydrogens (tertiary/aromatic N) is 2. The first kappa shape index (κ1) is 14.7. The molecule has 0 N–H and O–H groups in total. The molecule has 0 unspecified atom stereocenters. The van der Waals surface area contributed by atoms with Crippen LogP contribution >= 0.6 is 11.3 Å². The first-order valence-corrected chi connectivity index (χ1v) is 6.91. The molecule has 1 heterocycles. The zero-order valence-electron chi connectivity index (χ0n) is 11.2. The Labute approximate surface area is 119 Å². The molecule has 2 aromatic rings. The molecule has 0 fully saturated rings. The molecule has 0 amide bonds. The van der Waals surface area contributed by atoms with Gasteiger partial charge in [-0.15, -0.1) is 11.3 Å². The van der Waals surface area contributed by atoms with Gasteiger partial charge in [0.05, 0.1) is 23.3 Å². The number of likely N-dealkylation sites (N-methyl/N-ethyl adjacent to an activating group) is 1. The SMILES string of the molecule is Cc1ncsc1CN(C)CC(=O)c1c(F)cccc1F.